The maximum Gasteiger partial charge on any atom is 0.213 e. The number of anilines is 1. The van der Waals surface area contributed by atoms with Crippen molar-refractivity contribution in [2.24, 2.45) is 5.92 Å². The van der Waals surface area contributed by atoms with E-state index in [0.717, 1.165) is 5.69 Å². The Morgan fingerprint density at radius 3 is 2.50 bits per heavy atom. The van der Waals surface area contributed by atoms with Gasteiger partial charge in [-0.15, -0.1) is 0 Å². The second kappa shape index (κ2) is 6.33. The summed E-state index contributed by atoms with van der Waals surface area (Å²) in [6.45, 7) is 5.00. The summed E-state index contributed by atoms with van der Waals surface area (Å²) < 4.78 is 10.2. The van der Waals surface area contributed by atoms with Crippen LogP contribution in [0.2, 0.25) is 0 Å². The van der Waals surface area contributed by atoms with Gasteiger partial charge in [-0.05, 0) is 12.0 Å². The first kappa shape index (κ1) is 12.8. The molecule has 0 aliphatic rings. The third-order valence-electron chi connectivity index (χ3n) is 2.45. The predicted molar refractivity (Wildman–Crippen MR) is 64.9 cm³/mol. The molecule has 1 heterocycles. The molecule has 1 rings (SSSR count). The fourth-order valence-corrected chi connectivity index (χ4v) is 1.38. The fourth-order valence-electron chi connectivity index (χ4n) is 1.38. The monoisotopic (exact) mass is 224 g/mol. The van der Waals surface area contributed by atoms with Crippen molar-refractivity contribution >= 4 is 5.69 Å². The molecule has 1 unspecified atom stereocenters. The molecule has 0 aliphatic carbocycles. The Kier molecular flexibility index (Phi) is 5.05. The molecule has 0 fully saturated rings. The van der Waals surface area contributed by atoms with Crippen LogP contribution in [0, 0.1) is 5.92 Å². The van der Waals surface area contributed by atoms with E-state index in [0.29, 0.717) is 24.4 Å². The van der Waals surface area contributed by atoms with Crippen LogP contribution in [0.5, 0.6) is 5.88 Å². The van der Waals surface area contributed by atoms with Crippen LogP contribution in [0.3, 0.4) is 0 Å². The van der Waals surface area contributed by atoms with Gasteiger partial charge in [-0.2, -0.15) is 0 Å². The van der Waals surface area contributed by atoms with Gasteiger partial charge in [0.1, 0.15) is 0 Å². The topological polar surface area (TPSA) is 43.4 Å². The normalized spacial score (nSPS) is 12.6. The van der Waals surface area contributed by atoms with E-state index >= 15 is 0 Å². The second-order valence-electron chi connectivity index (χ2n) is 4.04. The largest absolute Gasteiger partial charge is 0.481 e. The number of pyridine rings is 1. The molecule has 1 aromatic heterocycles. The SMILES string of the molecule is COCC(Nc1ccc(OC)nc1)C(C)C. The molecular weight excluding hydrogens is 204 g/mol. The van der Waals surface area contributed by atoms with Crippen molar-refractivity contribution in [3.63, 3.8) is 0 Å². The van der Waals surface area contributed by atoms with E-state index in [1.165, 1.54) is 0 Å². The third kappa shape index (κ3) is 3.70. The first-order valence-corrected chi connectivity index (χ1v) is 5.43. The van der Waals surface area contributed by atoms with E-state index in [4.69, 9.17) is 9.47 Å². The molecule has 0 aromatic carbocycles. The number of ether oxygens (including phenoxy) is 2. The van der Waals surface area contributed by atoms with Gasteiger partial charge in [0.15, 0.2) is 0 Å². The predicted octanol–water partition coefficient (Wildman–Crippen LogP) is 2.17. The van der Waals surface area contributed by atoms with Gasteiger partial charge < -0.3 is 14.8 Å². The lowest BCUT2D eigenvalue weighted by Crippen LogP contribution is -2.30. The molecule has 1 aromatic rings. The first-order valence-electron chi connectivity index (χ1n) is 5.43. The molecule has 1 atom stereocenters. The van der Waals surface area contributed by atoms with E-state index in [1.54, 1.807) is 20.4 Å². The van der Waals surface area contributed by atoms with Crippen LogP contribution in [0.15, 0.2) is 18.3 Å². The highest BCUT2D eigenvalue weighted by atomic mass is 16.5. The summed E-state index contributed by atoms with van der Waals surface area (Å²) in [6, 6.07) is 4.09. The zero-order chi connectivity index (χ0) is 12.0. The standard InChI is InChI=1S/C12H20N2O2/c1-9(2)11(8-15-3)14-10-5-6-12(16-4)13-7-10/h5-7,9,11,14H,8H2,1-4H3. The molecule has 16 heavy (non-hydrogen) atoms. The minimum atomic E-state index is 0.292. The first-order chi connectivity index (χ1) is 7.67. The number of nitrogens with one attached hydrogen (secondary N) is 1. The van der Waals surface area contributed by atoms with Crippen molar-refractivity contribution in [3.05, 3.63) is 18.3 Å². The van der Waals surface area contributed by atoms with Gasteiger partial charge in [-0.1, -0.05) is 13.8 Å². The van der Waals surface area contributed by atoms with Crippen LogP contribution in [0.25, 0.3) is 0 Å². The third-order valence-corrected chi connectivity index (χ3v) is 2.45. The van der Waals surface area contributed by atoms with E-state index in [2.05, 4.69) is 24.1 Å². The minimum absolute atomic E-state index is 0.292. The van der Waals surface area contributed by atoms with Gasteiger partial charge in [0.25, 0.3) is 0 Å². The summed E-state index contributed by atoms with van der Waals surface area (Å²) in [5.74, 6) is 1.13. The molecule has 4 heteroatoms. The summed E-state index contributed by atoms with van der Waals surface area (Å²) in [5, 5.41) is 3.39. The van der Waals surface area contributed by atoms with Crippen LogP contribution in [0.4, 0.5) is 5.69 Å². The number of aromatic nitrogens is 1. The van der Waals surface area contributed by atoms with Gasteiger partial charge in [0, 0.05) is 13.2 Å². The summed E-state index contributed by atoms with van der Waals surface area (Å²) in [6.07, 6.45) is 1.77. The Bertz CT molecular complexity index is 298. The van der Waals surface area contributed by atoms with Crippen molar-refractivity contribution in [2.75, 3.05) is 26.1 Å². The summed E-state index contributed by atoms with van der Waals surface area (Å²) >= 11 is 0. The van der Waals surface area contributed by atoms with Crippen LogP contribution < -0.4 is 10.1 Å². The van der Waals surface area contributed by atoms with Gasteiger partial charge >= 0.3 is 0 Å². The van der Waals surface area contributed by atoms with Crippen LogP contribution in [0.1, 0.15) is 13.8 Å². The smallest absolute Gasteiger partial charge is 0.213 e. The Morgan fingerprint density at radius 1 is 1.31 bits per heavy atom. The molecule has 0 saturated heterocycles. The van der Waals surface area contributed by atoms with Crippen molar-refractivity contribution in [1.82, 2.24) is 4.98 Å². The lowest BCUT2D eigenvalue weighted by molar-refractivity contribution is 0.171. The summed E-state index contributed by atoms with van der Waals surface area (Å²) in [7, 11) is 3.32. The van der Waals surface area contributed by atoms with Gasteiger partial charge in [-0.25, -0.2) is 4.98 Å². The van der Waals surface area contributed by atoms with Crippen molar-refractivity contribution in [2.45, 2.75) is 19.9 Å². The summed E-state index contributed by atoms with van der Waals surface area (Å²) in [4.78, 5) is 4.14. The number of nitrogens with zero attached hydrogens (tertiary/aromatic N) is 1. The Morgan fingerprint density at radius 2 is 2.06 bits per heavy atom. The zero-order valence-electron chi connectivity index (χ0n) is 10.4. The van der Waals surface area contributed by atoms with Crippen LogP contribution >= 0.6 is 0 Å². The highest BCUT2D eigenvalue weighted by molar-refractivity contribution is 5.43. The van der Waals surface area contributed by atoms with Gasteiger partial charge in [0.05, 0.1) is 31.6 Å². The lowest BCUT2D eigenvalue weighted by atomic mass is 10.1. The minimum Gasteiger partial charge on any atom is -0.481 e. The molecule has 0 spiro atoms. The molecule has 0 aliphatic heterocycles. The second-order valence-corrected chi connectivity index (χ2v) is 4.04. The van der Waals surface area contributed by atoms with Crippen LogP contribution in [-0.2, 0) is 4.74 Å². The molecule has 0 bridgehead atoms. The quantitative estimate of drug-likeness (QED) is 0.804. The lowest BCUT2D eigenvalue weighted by Gasteiger charge is -2.22. The Labute approximate surface area is 97.0 Å². The molecule has 90 valence electrons. The maximum absolute atomic E-state index is 5.17. The highest BCUT2D eigenvalue weighted by Crippen LogP contribution is 2.14. The fraction of sp³-hybridized carbons (Fsp3) is 0.583. The Balaban J connectivity index is 2.62. The number of hydrogen-bond donors (Lipinski definition) is 1. The van der Waals surface area contributed by atoms with Crippen molar-refractivity contribution in [3.8, 4) is 5.88 Å². The molecule has 1 N–H and O–H groups in total. The van der Waals surface area contributed by atoms with Gasteiger partial charge in [-0.3, -0.25) is 0 Å². The van der Waals surface area contributed by atoms with E-state index in [-0.39, 0.29) is 0 Å². The Hall–Kier alpha value is -1.29. The molecule has 0 radical (unpaired) electrons. The summed E-state index contributed by atoms with van der Waals surface area (Å²) in [5.41, 5.74) is 0.983. The molecular formula is C12H20N2O2. The van der Waals surface area contributed by atoms with Crippen molar-refractivity contribution < 1.29 is 9.47 Å². The van der Waals surface area contributed by atoms with E-state index in [1.807, 2.05) is 12.1 Å². The van der Waals surface area contributed by atoms with E-state index < -0.39 is 0 Å². The number of methoxy groups -OCH3 is 2. The molecule has 0 saturated carbocycles. The number of hydrogen-bond acceptors (Lipinski definition) is 4. The molecule has 0 amide bonds. The average molecular weight is 224 g/mol. The van der Waals surface area contributed by atoms with Crippen LogP contribution in [-0.4, -0.2) is 31.9 Å². The zero-order valence-corrected chi connectivity index (χ0v) is 10.4. The van der Waals surface area contributed by atoms with Gasteiger partial charge in [0.2, 0.25) is 5.88 Å². The number of rotatable bonds is 6. The maximum atomic E-state index is 5.17. The van der Waals surface area contributed by atoms with E-state index in [9.17, 15) is 0 Å². The highest BCUT2D eigenvalue weighted by Gasteiger charge is 2.12. The molecule has 4 nitrogen and oxygen atoms in total. The van der Waals surface area contributed by atoms with Crippen molar-refractivity contribution in [1.29, 1.82) is 0 Å². The average Bonchev–Trinajstić information content (AvgIpc) is 2.29.